The number of nitro groups is 1. The van der Waals surface area contributed by atoms with E-state index >= 15 is 0 Å². The van der Waals surface area contributed by atoms with E-state index in [1.54, 1.807) is 12.1 Å². The van der Waals surface area contributed by atoms with E-state index in [1.807, 2.05) is 0 Å². The lowest BCUT2D eigenvalue weighted by Gasteiger charge is -2.08. The first kappa shape index (κ1) is 14.4. The number of non-ortho nitro benzene ring substituents is 1. The van der Waals surface area contributed by atoms with Crippen molar-refractivity contribution in [3.63, 3.8) is 0 Å². The number of hydrogen-bond acceptors (Lipinski definition) is 4. The third kappa shape index (κ3) is 3.53. The fourth-order valence-corrected chi connectivity index (χ4v) is 1.72. The Bertz CT molecular complexity index is 686. The van der Waals surface area contributed by atoms with E-state index in [1.165, 1.54) is 24.3 Å². The average Bonchev–Trinajstić information content (AvgIpc) is 2.46. The van der Waals surface area contributed by atoms with Crippen molar-refractivity contribution in [2.45, 2.75) is 6.54 Å². The first-order valence-corrected chi connectivity index (χ1v) is 5.97. The normalized spacial score (nSPS) is 10.1. The summed E-state index contributed by atoms with van der Waals surface area (Å²) in [5.74, 6) is -1.87. The molecule has 0 bridgehead atoms. The molecule has 0 heterocycles. The third-order valence-corrected chi connectivity index (χ3v) is 2.85. The molecule has 2 rings (SSSR count). The monoisotopic (exact) mass is 290 g/mol. The zero-order valence-corrected chi connectivity index (χ0v) is 10.7. The number of carboxylic acids is 1. The van der Waals surface area contributed by atoms with Gasteiger partial charge in [0.15, 0.2) is 0 Å². The summed E-state index contributed by atoms with van der Waals surface area (Å²) in [5, 5.41) is 22.1. The summed E-state index contributed by atoms with van der Waals surface area (Å²) in [6, 6.07) is 9.42. The summed E-state index contributed by atoms with van der Waals surface area (Å²) < 4.78 is 13.7. The lowest BCUT2D eigenvalue weighted by molar-refractivity contribution is -0.384. The first-order valence-electron chi connectivity index (χ1n) is 5.97. The summed E-state index contributed by atoms with van der Waals surface area (Å²) in [5.41, 5.74) is 0.754. The van der Waals surface area contributed by atoms with Crippen molar-refractivity contribution in [1.82, 2.24) is 0 Å². The Balaban J connectivity index is 2.06. The molecule has 108 valence electrons. The van der Waals surface area contributed by atoms with Crippen molar-refractivity contribution in [3.05, 3.63) is 69.5 Å². The highest BCUT2D eigenvalue weighted by Crippen LogP contribution is 2.18. The minimum absolute atomic E-state index is 0.0178. The van der Waals surface area contributed by atoms with Gasteiger partial charge in [-0.05, 0) is 23.8 Å². The van der Waals surface area contributed by atoms with Crippen LogP contribution in [0.3, 0.4) is 0 Å². The molecule has 0 amide bonds. The third-order valence-electron chi connectivity index (χ3n) is 2.85. The summed E-state index contributed by atoms with van der Waals surface area (Å²) in [6.45, 7) is 0.265. The van der Waals surface area contributed by atoms with Crippen LogP contribution in [0.2, 0.25) is 0 Å². The maximum absolute atomic E-state index is 13.7. The highest BCUT2D eigenvalue weighted by molar-refractivity contribution is 5.88. The molecule has 0 atom stereocenters. The van der Waals surface area contributed by atoms with Crippen molar-refractivity contribution >= 4 is 17.3 Å². The van der Waals surface area contributed by atoms with E-state index in [4.69, 9.17) is 5.11 Å². The molecule has 0 aliphatic heterocycles. The smallest absolute Gasteiger partial charge is 0.335 e. The van der Waals surface area contributed by atoms with E-state index in [9.17, 15) is 19.3 Å². The standard InChI is InChI=1S/C14H11FN2O4/c15-12-7-10(14(18)19)3-6-13(12)16-8-9-1-4-11(5-2-9)17(20)21/h1-7,16H,8H2,(H,18,19). The summed E-state index contributed by atoms with van der Waals surface area (Å²) in [7, 11) is 0. The highest BCUT2D eigenvalue weighted by Gasteiger charge is 2.08. The second-order valence-corrected chi connectivity index (χ2v) is 4.28. The molecule has 0 saturated carbocycles. The van der Waals surface area contributed by atoms with Crippen LogP contribution >= 0.6 is 0 Å². The van der Waals surface area contributed by atoms with Gasteiger partial charge in [0.05, 0.1) is 16.2 Å². The van der Waals surface area contributed by atoms with Gasteiger partial charge >= 0.3 is 5.97 Å². The Kier molecular flexibility index (Phi) is 4.13. The lowest BCUT2D eigenvalue weighted by Crippen LogP contribution is -2.03. The van der Waals surface area contributed by atoms with Gasteiger partial charge < -0.3 is 10.4 Å². The van der Waals surface area contributed by atoms with Gasteiger partial charge in [-0.1, -0.05) is 12.1 Å². The van der Waals surface area contributed by atoms with E-state index in [0.717, 1.165) is 11.6 Å². The molecule has 0 spiro atoms. The molecule has 0 saturated heterocycles. The van der Waals surface area contributed by atoms with Crippen molar-refractivity contribution in [2.75, 3.05) is 5.32 Å². The number of carbonyl (C=O) groups is 1. The fraction of sp³-hybridized carbons (Fsp3) is 0.0714. The molecule has 0 aliphatic rings. The van der Waals surface area contributed by atoms with Crippen LogP contribution in [-0.2, 0) is 6.54 Å². The van der Waals surface area contributed by atoms with Crippen LogP contribution in [0.25, 0.3) is 0 Å². The molecule has 2 aromatic carbocycles. The lowest BCUT2D eigenvalue weighted by atomic mass is 10.1. The molecule has 6 nitrogen and oxygen atoms in total. The van der Waals surface area contributed by atoms with E-state index in [2.05, 4.69) is 5.32 Å². The Morgan fingerprint density at radius 2 is 1.90 bits per heavy atom. The van der Waals surface area contributed by atoms with Gasteiger partial charge in [0.1, 0.15) is 5.82 Å². The average molecular weight is 290 g/mol. The molecule has 0 aromatic heterocycles. The predicted octanol–water partition coefficient (Wildman–Crippen LogP) is 3.04. The van der Waals surface area contributed by atoms with Crippen molar-refractivity contribution in [3.8, 4) is 0 Å². The number of benzene rings is 2. The van der Waals surface area contributed by atoms with Crippen LogP contribution in [-0.4, -0.2) is 16.0 Å². The maximum atomic E-state index is 13.7. The Morgan fingerprint density at radius 3 is 2.43 bits per heavy atom. The van der Waals surface area contributed by atoms with E-state index in [-0.39, 0.29) is 23.5 Å². The number of halogens is 1. The van der Waals surface area contributed by atoms with Gasteiger partial charge in [-0.25, -0.2) is 9.18 Å². The highest BCUT2D eigenvalue weighted by atomic mass is 19.1. The van der Waals surface area contributed by atoms with E-state index < -0.39 is 16.7 Å². The quantitative estimate of drug-likeness (QED) is 0.652. The van der Waals surface area contributed by atoms with Crippen molar-refractivity contribution < 1.29 is 19.2 Å². The minimum Gasteiger partial charge on any atom is -0.478 e. The van der Waals surface area contributed by atoms with Crippen molar-refractivity contribution in [1.29, 1.82) is 0 Å². The number of aromatic carboxylic acids is 1. The molecule has 0 radical (unpaired) electrons. The van der Waals surface area contributed by atoms with Crippen molar-refractivity contribution in [2.24, 2.45) is 0 Å². The number of rotatable bonds is 5. The number of carboxylic acid groups (broad SMARTS) is 1. The number of anilines is 1. The summed E-state index contributed by atoms with van der Waals surface area (Å²) in [6.07, 6.45) is 0. The second kappa shape index (κ2) is 6.00. The molecule has 2 N–H and O–H groups in total. The largest absolute Gasteiger partial charge is 0.478 e. The Labute approximate surface area is 119 Å². The number of nitrogens with one attached hydrogen (secondary N) is 1. The zero-order valence-electron chi connectivity index (χ0n) is 10.7. The van der Waals surface area contributed by atoms with Crippen LogP contribution < -0.4 is 5.32 Å². The van der Waals surface area contributed by atoms with Crippen LogP contribution in [0, 0.1) is 15.9 Å². The molecule has 0 unspecified atom stereocenters. The van der Waals surface area contributed by atoms with Crippen LogP contribution in [0.1, 0.15) is 15.9 Å². The van der Waals surface area contributed by atoms with Crippen LogP contribution in [0.15, 0.2) is 42.5 Å². The van der Waals surface area contributed by atoms with Gasteiger partial charge in [-0.15, -0.1) is 0 Å². The molecular weight excluding hydrogens is 279 g/mol. The van der Waals surface area contributed by atoms with Crippen LogP contribution in [0.5, 0.6) is 0 Å². The Morgan fingerprint density at radius 1 is 1.24 bits per heavy atom. The molecule has 0 aliphatic carbocycles. The molecule has 7 heteroatoms. The van der Waals surface area contributed by atoms with Crippen LogP contribution in [0.4, 0.5) is 15.8 Å². The molecular formula is C14H11FN2O4. The number of hydrogen-bond donors (Lipinski definition) is 2. The first-order chi connectivity index (χ1) is 9.97. The SMILES string of the molecule is O=C(O)c1ccc(NCc2ccc([N+](=O)[O-])cc2)c(F)c1. The maximum Gasteiger partial charge on any atom is 0.335 e. The summed E-state index contributed by atoms with van der Waals surface area (Å²) in [4.78, 5) is 20.7. The summed E-state index contributed by atoms with van der Waals surface area (Å²) >= 11 is 0. The number of nitrogens with zero attached hydrogens (tertiary/aromatic N) is 1. The molecule has 21 heavy (non-hydrogen) atoms. The topological polar surface area (TPSA) is 92.5 Å². The van der Waals surface area contributed by atoms with Gasteiger partial charge in [-0.2, -0.15) is 0 Å². The molecule has 2 aromatic rings. The van der Waals surface area contributed by atoms with Gasteiger partial charge in [0.25, 0.3) is 5.69 Å². The minimum atomic E-state index is -1.20. The predicted molar refractivity (Wildman–Crippen MR) is 73.8 cm³/mol. The van der Waals surface area contributed by atoms with Gasteiger partial charge in [0.2, 0.25) is 0 Å². The zero-order chi connectivity index (χ0) is 15.4. The fourth-order valence-electron chi connectivity index (χ4n) is 1.72. The Hall–Kier alpha value is -2.96. The van der Waals surface area contributed by atoms with E-state index in [0.29, 0.717) is 0 Å². The van der Waals surface area contributed by atoms with Gasteiger partial charge in [0, 0.05) is 18.7 Å². The number of nitro benzene ring substituents is 1. The van der Waals surface area contributed by atoms with Gasteiger partial charge in [-0.3, -0.25) is 10.1 Å². The second-order valence-electron chi connectivity index (χ2n) is 4.28. The molecule has 0 fully saturated rings.